The van der Waals surface area contributed by atoms with Gasteiger partial charge in [-0.15, -0.1) is 0 Å². The summed E-state index contributed by atoms with van der Waals surface area (Å²) in [5.41, 5.74) is -0.358. The molecule has 124 valence electrons. The van der Waals surface area contributed by atoms with Crippen LogP contribution in [-0.4, -0.2) is 26.0 Å². The summed E-state index contributed by atoms with van der Waals surface area (Å²) in [6, 6.07) is 0. The molecule has 0 aromatic carbocycles. The van der Waals surface area contributed by atoms with Gasteiger partial charge in [0.05, 0.1) is 24.4 Å². The molecule has 4 heteroatoms. The Labute approximate surface area is 129 Å². The summed E-state index contributed by atoms with van der Waals surface area (Å²) in [7, 11) is 0. The monoisotopic (exact) mass is 300 g/mol. The van der Waals surface area contributed by atoms with Crippen molar-refractivity contribution in [3.63, 3.8) is 0 Å². The third-order valence-corrected chi connectivity index (χ3v) is 3.49. The van der Waals surface area contributed by atoms with Crippen molar-refractivity contribution in [2.75, 3.05) is 20.0 Å². The van der Waals surface area contributed by atoms with Crippen molar-refractivity contribution in [1.29, 1.82) is 0 Å². The van der Waals surface area contributed by atoms with E-state index in [0.717, 1.165) is 38.5 Å². The molecule has 0 heterocycles. The van der Waals surface area contributed by atoms with Gasteiger partial charge in [0.15, 0.2) is 6.79 Å². The van der Waals surface area contributed by atoms with Crippen molar-refractivity contribution in [3.05, 3.63) is 12.3 Å². The molecule has 0 saturated carbocycles. The topological polar surface area (TPSA) is 44.8 Å². The molecule has 0 aliphatic rings. The van der Waals surface area contributed by atoms with Crippen LogP contribution in [0.3, 0.4) is 0 Å². The highest BCUT2D eigenvalue weighted by Gasteiger charge is 2.26. The average Bonchev–Trinajstić information content (AvgIpc) is 2.44. The summed E-state index contributed by atoms with van der Waals surface area (Å²) in [5.74, 6) is 0.590. The molecular weight excluding hydrogens is 268 g/mol. The molecule has 0 aliphatic heterocycles. The van der Waals surface area contributed by atoms with Crippen LogP contribution < -0.4 is 0 Å². The summed E-state index contributed by atoms with van der Waals surface area (Å²) in [6.07, 6.45) is 6.12. The molecule has 0 unspecified atom stereocenters. The summed E-state index contributed by atoms with van der Waals surface area (Å²) >= 11 is 0. The number of hydrogen-bond donors (Lipinski definition) is 0. The molecule has 0 amide bonds. The van der Waals surface area contributed by atoms with Crippen LogP contribution in [0, 0.1) is 5.41 Å². The van der Waals surface area contributed by atoms with E-state index in [2.05, 4.69) is 6.58 Å². The van der Waals surface area contributed by atoms with Gasteiger partial charge < -0.3 is 14.2 Å². The Balaban J connectivity index is 3.30. The Kier molecular flexibility index (Phi) is 11.0. The van der Waals surface area contributed by atoms with Crippen molar-refractivity contribution >= 4 is 5.97 Å². The van der Waals surface area contributed by atoms with Crippen molar-refractivity contribution in [1.82, 2.24) is 0 Å². The van der Waals surface area contributed by atoms with E-state index in [1.54, 1.807) is 6.92 Å². The zero-order valence-corrected chi connectivity index (χ0v) is 14.2. The van der Waals surface area contributed by atoms with Crippen molar-refractivity contribution in [3.8, 4) is 0 Å². The molecule has 0 aromatic heterocycles. The van der Waals surface area contributed by atoms with E-state index in [1.807, 2.05) is 20.8 Å². The van der Waals surface area contributed by atoms with Crippen LogP contribution in [0.2, 0.25) is 0 Å². The number of carbonyl (C=O) groups excluding carboxylic acids is 1. The number of esters is 1. The number of rotatable bonds is 13. The number of carbonyl (C=O) groups is 1. The lowest BCUT2D eigenvalue weighted by molar-refractivity contribution is -0.154. The first kappa shape index (κ1) is 20.0. The zero-order chi connectivity index (χ0) is 16.1. The third kappa shape index (κ3) is 11.3. The molecule has 0 bridgehead atoms. The second-order valence-electron chi connectivity index (χ2n) is 6.01. The number of allylic oxidation sites excluding steroid dienone is 1. The van der Waals surface area contributed by atoms with Gasteiger partial charge in [-0.25, -0.2) is 0 Å². The average molecular weight is 300 g/mol. The van der Waals surface area contributed by atoms with Gasteiger partial charge in [-0.1, -0.05) is 32.8 Å². The zero-order valence-electron chi connectivity index (χ0n) is 14.2. The van der Waals surface area contributed by atoms with Crippen molar-refractivity contribution in [2.45, 2.75) is 66.2 Å². The maximum Gasteiger partial charge on any atom is 0.311 e. The van der Waals surface area contributed by atoms with Crippen LogP contribution in [0.1, 0.15) is 66.2 Å². The second kappa shape index (κ2) is 11.6. The smallest absolute Gasteiger partial charge is 0.311 e. The molecule has 0 atom stereocenters. The highest BCUT2D eigenvalue weighted by molar-refractivity contribution is 5.75. The van der Waals surface area contributed by atoms with E-state index in [9.17, 15) is 4.79 Å². The number of hydrogen-bond acceptors (Lipinski definition) is 4. The Bertz CT molecular complexity index is 297. The first-order valence-corrected chi connectivity index (χ1v) is 7.93. The molecule has 0 spiro atoms. The van der Waals surface area contributed by atoms with Crippen molar-refractivity contribution < 1.29 is 19.0 Å². The lowest BCUT2D eigenvalue weighted by Crippen LogP contribution is -2.26. The lowest BCUT2D eigenvalue weighted by atomic mass is 9.91. The molecule has 0 saturated heterocycles. The molecule has 21 heavy (non-hydrogen) atoms. The summed E-state index contributed by atoms with van der Waals surface area (Å²) in [5, 5.41) is 0. The van der Waals surface area contributed by atoms with Crippen LogP contribution >= 0.6 is 0 Å². The SMILES string of the molecule is C=C(C)OCOCCCCCCCOC(=O)C(C)(C)CC. The van der Waals surface area contributed by atoms with E-state index >= 15 is 0 Å². The Morgan fingerprint density at radius 3 is 2.14 bits per heavy atom. The van der Waals surface area contributed by atoms with Gasteiger partial charge >= 0.3 is 5.97 Å². The third-order valence-electron chi connectivity index (χ3n) is 3.49. The highest BCUT2D eigenvalue weighted by atomic mass is 16.7. The first-order chi connectivity index (χ1) is 9.90. The molecular formula is C17H32O4. The van der Waals surface area contributed by atoms with E-state index in [1.165, 1.54) is 0 Å². The first-order valence-electron chi connectivity index (χ1n) is 7.93. The van der Waals surface area contributed by atoms with E-state index in [0.29, 0.717) is 25.8 Å². The maximum absolute atomic E-state index is 11.7. The Morgan fingerprint density at radius 2 is 1.57 bits per heavy atom. The van der Waals surface area contributed by atoms with Gasteiger partial charge in [0.2, 0.25) is 0 Å². The summed E-state index contributed by atoms with van der Waals surface area (Å²) in [6.45, 7) is 12.8. The van der Waals surface area contributed by atoms with Gasteiger partial charge in [-0.2, -0.15) is 0 Å². The van der Waals surface area contributed by atoms with E-state index < -0.39 is 0 Å². The van der Waals surface area contributed by atoms with E-state index in [-0.39, 0.29) is 11.4 Å². The largest absolute Gasteiger partial charge is 0.473 e. The molecule has 0 aliphatic carbocycles. The summed E-state index contributed by atoms with van der Waals surface area (Å²) < 4.78 is 15.7. The lowest BCUT2D eigenvalue weighted by Gasteiger charge is -2.20. The van der Waals surface area contributed by atoms with Crippen LogP contribution in [0.15, 0.2) is 12.3 Å². The minimum atomic E-state index is -0.358. The minimum absolute atomic E-state index is 0.0871. The quantitative estimate of drug-likeness (QED) is 0.218. The van der Waals surface area contributed by atoms with Crippen LogP contribution in [0.25, 0.3) is 0 Å². The van der Waals surface area contributed by atoms with Crippen LogP contribution in [0.5, 0.6) is 0 Å². The van der Waals surface area contributed by atoms with Crippen LogP contribution in [0.4, 0.5) is 0 Å². The fourth-order valence-electron chi connectivity index (χ4n) is 1.54. The predicted octanol–water partition coefficient (Wildman–Crippen LogP) is 4.44. The van der Waals surface area contributed by atoms with Crippen LogP contribution in [-0.2, 0) is 19.0 Å². The fourth-order valence-corrected chi connectivity index (χ4v) is 1.54. The normalized spacial score (nSPS) is 11.2. The molecule has 0 N–H and O–H groups in total. The Morgan fingerprint density at radius 1 is 1.00 bits per heavy atom. The highest BCUT2D eigenvalue weighted by Crippen LogP contribution is 2.21. The molecule has 0 fully saturated rings. The fraction of sp³-hybridized carbons (Fsp3) is 0.824. The molecule has 0 aromatic rings. The van der Waals surface area contributed by atoms with Gasteiger partial charge in [0.25, 0.3) is 0 Å². The minimum Gasteiger partial charge on any atom is -0.473 e. The number of ether oxygens (including phenoxy) is 3. The van der Waals surface area contributed by atoms with Gasteiger partial charge in [-0.05, 0) is 40.0 Å². The molecule has 4 nitrogen and oxygen atoms in total. The predicted molar refractivity (Wildman–Crippen MR) is 84.8 cm³/mol. The standard InChI is InChI=1S/C17H32O4/c1-6-17(4,5)16(18)20-13-11-9-7-8-10-12-19-14-21-15(2)3/h2,6-14H2,1,3-5H3. The second-order valence-corrected chi connectivity index (χ2v) is 6.01. The van der Waals surface area contributed by atoms with E-state index in [4.69, 9.17) is 14.2 Å². The maximum atomic E-state index is 11.7. The van der Waals surface area contributed by atoms with Gasteiger partial charge in [0.1, 0.15) is 0 Å². The Hall–Kier alpha value is -1.03. The molecule has 0 radical (unpaired) electrons. The van der Waals surface area contributed by atoms with Gasteiger partial charge in [0, 0.05) is 0 Å². The summed E-state index contributed by atoms with van der Waals surface area (Å²) in [4.78, 5) is 11.7. The number of unbranched alkanes of at least 4 members (excludes halogenated alkanes) is 4. The molecule has 0 rings (SSSR count). The van der Waals surface area contributed by atoms with Crippen molar-refractivity contribution in [2.24, 2.45) is 5.41 Å². The van der Waals surface area contributed by atoms with Gasteiger partial charge in [-0.3, -0.25) is 4.79 Å².